The standard InChI is InChI=1S/C7H10BO3/c1-6-4-2-3-5-7(6)8(9,10)11/h2-5,9-11H,1H3/q-1. The van der Waals surface area contributed by atoms with Crippen molar-refractivity contribution in [1.29, 1.82) is 0 Å². The Hall–Kier alpha value is -0.835. The summed E-state index contributed by atoms with van der Waals surface area (Å²) in [5.41, 5.74) is 0.840. The van der Waals surface area contributed by atoms with Crippen LogP contribution in [0.1, 0.15) is 5.56 Å². The van der Waals surface area contributed by atoms with Crippen molar-refractivity contribution < 1.29 is 15.1 Å². The van der Waals surface area contributed by atoms with E-state index in [-0.39, 0.29) is 5.46 Å². The van der Waals surface area contributed by atoms with Crippen molar-refractivity contribution in [3.63, 3.8) is 0 Å². The molecule has 0 atom stereocenters. The number of aryl methyl sites for hydroxylation is 1. The van der Waals surface area contributed by atoms with Crippen LogP contribution >= 0.6 is 0 Å². The third-order valence-electron chi connectivity index (χ3n) is 1.61. The first-order valence-corrected chi connectivity index (χ1v) is 3.39. The van der Waals surface area contributed by atoms with Crippen LogP contribution in [0.5, 0.6) is 0 Å². The Morgan fingerprint density at radius 2 is 1.64 bits per heavy atom. The molecule has 0 bridgehead atoms. The van der Waals surface area contributed by atoms with E-state index in [0.29, 0.717) is 5.56 Å². The maximum atomic E-state index is 8.84. The Bertz CT molecular complexity index is 254. The summed E-state index contributed by atoms with van der Waals surface area (Å²) in [6, 6.07) is 6.59. The Morgan fingerprint density at radius 1 is 1.09 bits per heavy atom. The van der Waals surface area contributed by atoms with Crippen LogP contribution in [0.25, 0.3) is 0 Å². The van der Waals surface area contributed by atoms with E-state index in [9.17, 15) is 0 Å². The highest BCUT2D eigenvalue weighted by Gasteiger charge is 2.18. The lowest BCUT2D eigenvalue weighted by Gasteiger charge is -2.23. The molecule has 0 aromatic heterocycles. The third-order valence-corrected chi connectivity index (χ3v) is 1.61. The fourth-order valence-corrected chi connectivity index (χ4v) is 1.02. The van der Waals surface area contributed by atoms with Crippen molar-refractivity contribution in [3.8, 4) is 0 Å². The maximum absolute atomic E-state index is 8.84. The lowest BCUT2D eigenvalue weighted by molar-refractivity contribution is 0.249. The number of rotatable bonds is 1. The minimum absolute atomic E-state index is 0.174. The lowest BCUT2D eigenvalue weighted by atomic mass is 9.69. The second-order valence-electron chi connectivity index (χ2n) is 2.59. The van der Waals surface area contributed by atoms with E-state index in [0.717, 1.165) is 0 Å². The van der Waals surface area contributed by atoms with Gasteiger partial charge in [-0.3, -0.25) is 0 Å². The number of hydrogen-bond acceptors (Lipinski definition) is 3. The molecular weight excluding hydrogens is 143 g/mol. The number of benzene rings is 1. The van der Waals surface area contributed by atoms with Crippen molar-refractivity contribution in [2.75, 3.05) is 0 Å². The van der Waals surface area contributed by atoms with Gasteiger partial charge in [-0.2, -0.15) is 0 Å². The molecule has 0 amide bonds. The molecule has 0 heterocycles. The van der Waals surface area contributed by atoms with Gasteiger partial charge in [0.2, 0.25) is 0 Å². The van der Waals surface area contributed by atoms with Gasteiger partial charge in [-0.25, -0.2) is 0 Å². The van der Waals surface area contributed by atoms with E-state index in [1.807, 2.05) is 0 Å². The van der Waals surface area contributed by atoms with Gasteiger partial charge in [0.05, 0.1) is 0 Å². The first-order chi connectivity index (χ1) is 5.02. The van der Waals surface area contributed by atoms with Crippen molar-refractivity contribution in [1.82, 2.24) is 0 Å². The van der Waals surface area contributed by atoms with E-state index < -0.39 is 6.75 Å². The highest BCUT2D eigenvalue weighted by Crippen LogP contribution is 1.97. The van der Waals surface area contributed by atoms with E-state index in [1.165, 1.54) is 6.07 Å². The molecule has 0 fully saturated rings. The van der Waals surface area contributed by atoms with Crippen molar-refractivity contribution in [2.24, 2.45) is 0 Å². The molecule has 0 radical (unpaired) electrons. The normalized spacial score (nSPS) is 11.6. The molecule has 1 rings (SSSR count). The van der Waals surface area contributed by atoms with E-state index in [2.05, 4.69) is 0 Å². The molecule has 60 valence electrons. The minimum atomic E-state index is -3.33. The summed E-state index contributed by atoms with van der Waals surface area (Å²) in [6.45, 7) is -1.63. The highest BCUT2D eigenvalue weighted by molar-refractivity contribution is 6.72. The minimum Gasteiger partial charge on any atom is -0.556 e. The lowest BCUT2D eigenvalue weighted by Crippen LogP contribution is -2.49. The predicted molar refractivity (Wildman–Crippen MR) is 43.2 cm³/mol. The molecule has 0 saturated carbocycles. The average molecular weight is 153 g/mol. The van der Waals surface area contributed by atoms with Crippen molar-refractivity contribution in [2.45, 2.75) is 6.92 Å². The summed E-state index contributed by atoms with van der Waals surface area (Å²) in [6.07, 6.45) is 0. The summed E-state index contributed by atoms with van der Waals surface area (Å²) in [7, 11) is 0. The highest BCUT2D eigenvalue weighted by atomic mass is 16.5. The molecule has 0 aliphatic carbocycles. The summed E-state index contributed by atoms with van der Waals surface area (Å²) in [4.78, 5) is 0. The van der Waals surface area contributed by atoms with Gasteiger partial charge in [0, 0.05) is 0 Å². The van der Waals surface area contributed by atoms with Gasteiger partial charge in [-0.05, 0) is 6.92 Å². The van der Waals surface area contributed by atoms with Crippen LogP contribution in [0.2, 0.25) is 0 Å². The van der Waals surface area contributed by atoms with E-state index >= 15 is 0 Å². The monoisotopic (exact) mass is 153 g/mol. The molecule has 1 aromatic rings. The second-order valence-corrected chi connectivity index (χ2v) is 2.59. The van der Waals surface area contributed by atoms with Crippen LogP contribution in [-0.2, 0) is 0 Å². The zero-order valence-corrected chi connectivity index (χ0v) is 6.23. The first kappa shape index (κ1) is 8.26. The predicted octanol–water partition coefficient (Wildman–Crippen LogP) is -0.882. The molecule has 0 spiro atoms. The zero-order chi connectivity index (χ0) is 8.48. The molecule has 0 unspecified atom stereocenters. The molecule has 11 heavy (non-hydrogen) atoms. The first-order valence-electron chi connectivity index (χ1n) is 3.39. The summed E-state index contributed by atoms with van der Waals surface area (Å²) in [5, 5.41) is 26.5. The van der Waals surface area contributed by atoms with Gasteiger partial charge < -0.3 is 15.1 Å². The summed E-state index contributed by atoms with van der Waals surface area (Å²) < 4.78 is 0. The molecular formula is C7H10BO3-. The van der Waals surface area contributed by atoms with Crippen LogP contribution in [0, 0.1) is 6.92 Å². The smallest absolute Gasteiger partial charge is 0.402 e. The Balaban J connectivity index is 3.14. The van der Waals surface area contributed by atoms with Gasteiger partial charge >= 0.3 is 6.75 Å². The zero-order valence-electron chi connectivity index (χ0n) is 6.23. The summed E-state index contributed by atoms with van der Waals surface area (Å²) >= 11 is 0. The Labute approximate surface area is 64.9 Å². The maximum Gasteiger partial charge on any atom is 0.402 e. The van der Waals surface area contributed by atoms with E-state index in [4.69, 9.17) is 15.1 Å². The largest absolute Gasteiger partial charge is 0.556 e. The van der Waals surface area contributed by atoms with Crippen LogP contribution in [-0.4, -0.2) is 21.8 Å². The molecule has 0 aliphatic rings. The molecule has 3 N–H and O–H groups in total. The van der Waals surface area contributed by atoms with Crippen molar-refractivity contribution >= 4 is 12.2 Å². The Kier molecular flexibility index (Phi) is 2.00. The van der Waals surface area contributed by atoms with Crippen LogP contribution < -0.4 is 5.46 Å². The third kappa shape index (κ3) is 1.80. The number of hydrogen-bond donors (Lipinski definition) is 3. The fourth-order valence-electron chi connectivity index (χ4n) is 1.02. The van der Waals surface area contributed by atoms with Gasteiger partial charge in [-0.1, -0.05) is 29.8 Å². The van der Waals surface area contributed by atoms with Crippen LogP contribution in [0.4, 0.5) is 0 Å². The molecule has 4 heteroatoms. The van der Waals surface area contributed by atoms with E-state index in [1.54, 1.807) is 25.1 Å². The van der Waals surface area contributed by atoms with Crippen LogP contribution in [0.15, 0.2) is 24.3 Å². The van der Waals surface area contributed by atoms with Gasteiger partial charge in [0.15, 0.2) is 0 Å². The second kappa shape index (κ2) is 2.66. The molecule has 3 nitrogen and oxygen atoms in total. The van der Waals surface area contributed by atoms with Crippen molar-refractivity contribution in [3.05, 3.63) is 29.8 Å². The molecule has 1 aromatic carbocycles. The summed E-state index contributed by atoms with van der Waals surface area (Å²) in [5.74, 6) is 0. The van der Waals surface area contributed by atoms with Crippen LogP contribution in [0.3, 0.4) is 0 Å². The quantitative estimate of drug-likeness (QED) is 0.459. The molecule has 0 saturated heterocycles. The van der Waals surface area contributed by atoms with Gasteiger partial charge in [0.25, 0.3) is 0 Å². The van der Waals surface area contributed by atoms with Gasteiger partial charge in [-0.15, -0.1) is 5.46 Å². The Morgan fingerprint density at radius 3 is 2.00 bits per heavy atom. The SMILES string of the molecule is Cc1ccccc1[B-](O)(O)O. The average Bonchev–Trinajstić information content (AvgIpc) is 1.86. The molecule has 0 aliphatic heterocycles. The fraction of sp³-hybridized carbons (Fsp3) is 0.143. The van der Waals surface area contributed by atoms with Gasteiger partial charge in [0.1, 0.15) is 0 Å². The topological polar surface area (TPSA) is 60.7 Å².